The van der Waals surface area contributed by atoms with Gasteiger partial charge in [0.05, 0.1) is 12.1 Å². The number of carbonyl (C=O) groups is 2. The summed E-state index contributed by atoms with van der Waals surface area (Å²) in [6.45, 7) is 1.05. The van der Waals surface area contributed by atoms with Gasteiger partial charge in [0.2, 0.25) is 0 Å². The van der Waals surface area contributed by atoms with Crippen molar-refractivity contribution >= 4 is 22.7 Å². The zero-order valence-electron chi connectivity index (χ0n) is 14.5. The Balaban J connectivity index is 1.44. The van der Waals surface area contributed by atoms with Gasteiger partial charge in [-0.3, -0.25) is 14.6 Å². The van der Waals surface area contributed by atoms with Crippen molar-refractivity contribution < 1.29 is 14.3 Å². The minimum absolute atomic E-state index is 0.112. The van der Waals surface area contributed by atoms with Crippen molar-refractivity contribution in [1.82, 2.24) is 14.9 Å². The molecule has 1 aliphatic heterocycles. The summed E-state index contributed by atoms with van der Waals surface area (Å²) >= 11 is 0. The molecule has 7 heteroatoms. The van der Waals surface area contributed by atoms with Gasteiger partial charge < -0.3 is 15.4 Å². The number of hydrogen-bond donors (Lipinski definition) is 1. The van der Waals surface area contributed by atoms with Crippen molar-refractivity contribution in [2.75, 3.05) is 13.1 Å². The van der Waals surface area contributed by atoms with Gasteiger partial charge in [-0.15, -0.1) is 0 Å². The minimum Gasteiger partial charge on any atom is -0.488 e. The van der Waals surface area contributed by atoms with Crippen LogP contribution in [-0.2, 0) is 0 Å². The van der Waals surface area contributed by atoms with Crippen LogP contribution in [0.15, 0.2) is 54.7 Å². The summed E-state index contributed by atoms with van der Waals surface area (Å²) in [6, 6.07) is 14.5. The Labute approximate surface area is 155 Å². The largest absolute Gasteiger partial charge is 0.488 e. The van der Waals surface area contributed by atoms with Crippen LogP contribution in [-0.4, -0.2) is 45.9 Å². The molecule has 0 unspecified atom stereocenters. The number of aromatic nitrogens is 2. The maximum absolute atomic E-state index is 12.8. The number of pyridine rings is 2. The molecule has 2 N–H and O–H groups in total. The summed E-state index contributed by atoms with van der Waals surface area (Å²) in [4.78, 5) is 34.1. The van der Waals surface area contributed by atoms with Gasteiger partial charge in [0.15, 0.2) is 0 Å². The zero-order chi connectivity index (χ0) is 18.8. The van der Waals surface area contributed by atoms with Crippen LogP contribution in [0.25, 0.3) is 10.9 Å². The number of primary amides is 1. The van der Waals surface area contributed by atoms with Crippen molar-refractivity contribution in [1.29, 1.82) is 0 Å². The predicted octanol–water partition coefficient (Wildman–Crippen LogP) is 2.02. The molecule has 0 radical (unpaired) electrons. The average Bonchev–Trinajstić information content (AvgIpc) is 3.15. The second-order valence-corrected chi connectivity index (χ2v) is 6.41. The van der Waals surface area contributed by atoms with Gasteiger partial charge in [0.1, 0.15) is 23.2 Å². The number of likely N-dealkylation sites (tertiary alicyclic amines) is 1. The molecule has 3 heterocycles. The molecule has 27 heavy (non-hydrogen) atoms. The highest BCUT2D eigenvalue weighted by atomic mass is 16.5. The van der Waals surface area contributed by atoms with Gasteiger partial charge in [-0.05, 0) is 18.2 Å². The Bertz CT molecular complexity index is 1020. The number of nitrogens with zero attached hydrogens (tertiary/aromatic N) is 3. The Kier molecular flexibility index (Phi) is 4.42. The molecule has 1 saturated heterocycles. The fourth-order valence-electron chi connectivity index (χ4n) is 3.17. The average molecular weight is 362 g/mol. The summed E-state index contributed by atoms with van der Waals surface area (Å²) in [5, 5.41) is 1.000. The lowest BCUT2D eigenvalue weighted by atomic mass is 10.2. The number of carbonyl (C=O) groups excluding carboxylic acids is 2. The minimum atomic E-state index is -0.606. The first kappa shape index (κ1) is 17.0. The van der Waals surface area contributed by atoms with E-state index in [0.29, 0.717) is 31.0 Å². The lowest BCUT2D eigenvalue weighted by Gasteiger charge is -2.17. The fourth-order valence-corrected chi connectivity index (χ4v) is 3.17. The third-order valence-electron chi connectivity index (χ3n) is 4.54. The number of ether oxygens (including phenoxy) is 1. The van der Waals surface area contributed by atoms with Gasteiger partial charge in [0.25, 0.3) is 11.8 Å². The van der Waals surface area contributed by atoms with Gasteiger partial charge in [0, 0.05) is 30.6 Å². The molecule has 0 bridgehead atoms. The SMILES string of the molecule is NC(=O)c1cc(O[C@@H]2CCN(C(=O)c3ccc4ccccc4n3)C2)ccn1. The van der Waals surface area contributed by atoms with Gasteiger partial charge in [-0.25, -0.2) is 4.98 Å². The third kappa shape index (κ3) is 3.57. The predicted molar refractivity (Wildman–Crippen MR) is 99.4 cm³/mol. The van der Waals surface area contributed by atoms with Crippen molar-refractivity contribution in [2.24, 2.45) is 5.73 Å². The van der Waals surface area contributed by atoms with Crippen LogP contribution in [0.3, 0.4) is 0 Å². The molecule has 3 aromatic rings. The quantitative estimate of drug-likeness (QED) is 0.766. The highest BCUT2D eigenvalue weighted by molar-refractivity contribution is 5.95. The number of hydrogen-bond acceptors (Lipinski definition) is 5. The Morgan fingerprint density at radius 1 is 1.11 bits per heavy atom. The van der Waals surface area contributed by atoms with Crippen LogP contribution in [0.2, 0.25) is 0 Å². The van der Waals surface area contributed by atoms with E-state index in [1.165, 1.54) is 12.3 Å². The van der Waals surface area contributed by atoms with E-state index in [2.05, 4.69) is 9.97 Å². The number of rotatable bonds is 4. The molecule has 4 rings (SSSR count). The first-order valence-corrected chi connectivity index (χ1v) is 8.68. The third-order valence-corrected chi connectivity index (χ3v) is 4.54. The molecule has 1 aliphatic rings. The van der Waals surface area contributed by atoms with Gasteiger partial charge in [-0.2, -0.15) is 0 Å². The number of benzene rings is 1. The molecule has 1 atom stereocenters. The van der Waals surface area contributed by atoms with E-state index >= 15 is 0 Å². The van der Waals surface area contributed by atoms with E-state index in [1.807, 2.05) is 30.3 Å². The topological polar surface area (TPSA) is 98.4 Å². The van der Waals surface area contributed by atoms with Gasteiger partial charge in [-0.1, -0.05) is 24.3 Å². The molecule has 2 aromatic heterocycles. The highest BCUT2D eigenvalue weighted by Gasteiger charge is 2.29. The van der Waals surface area contributed by atoms with Crippen LogP contribution < -0.4 is 10.5 Å². The maximum Gasteiger partial charge on any atom is 0.272 e. The monoisotopic (exact) mass is 362 g/mol. The van der Waals surface area contributed by atoms with Crippen molar-refractivity contribution in [2.45, 2.75) is 12.5 Å². The van der Waals surface area contributed by atoms with Crippen LogP contribution in [0.1, 0.15) is 27.4 Å². The second kappa shape index (κ2) is 7.03. The standard InChI is InChI=1S/C20H18N4O3/c21-19(25)18-11-14(7-9-22-18)27-15-8-10-24(12-15)20(26)17-6-5-13-3-1-2-4-16(13)23-17/h1-7,9,11,15H,8,10,12H2,(H2,21,25)/t15-/m1/s1. The molecule has 0 saturated carbocycles. The van der Waals surface area contributed by atoms with Crippen molar-refractivity contribution in [3.63, 3.8) is 0 Å². The molecule has 1 fully saturated rings. The fraction of sp³-hybridized carbons (Fsp3) is 0.200. The van der Waals surface area contributed by atoms with E-state index in [-0.39, 0.29) is 17.7 Å². The summed E-state index contributed by atoms with van der Waals surface area (Å²) in [6.07, 6.45) is 2.03. The van der Waals surface area contributed by atoms with E-state index in [1.54, 1.807) is 17.0 Å². The first-order chi connectivity index (χ1) is 13.1. The van der Waals surface area contributed by atoms with Crippen molar-refractivity contribution in [3.05, 3.63) is 66.1 Å². The lowest BCUT2D eigenvalue weighted by molar-refractivity contribution is 0.0767. The summed E-state index contributed by atoms with van der Waals surface area (Å²) < 4.78 is 5.89. The number of amides is 2. The number of fused-ring (bicyclic) bond motifs is 1. The molecule has 2 amide bonds. The van der Waals surface area contributed by atoms with Crippen LogP contribution in [0.5, 0.6) is 5.75 Å². The molecule has 1 aromatic carbocycles. The number of para-hydroxylation sites is 1. The van der Waals surface area contributed by atoms with E-state index in [4.69, 9.17) is 10.5 Å². The maximum atomic E-state index is 12.8. The molecular weight excluding hydrogens is 344 g/mol. The Hall–Kier alpha value is -3.48. The zero-order valence-corrected chi connectivity index (χ0v) is 14.5. The number of nitrogens with two attached hydrogens (primary N) is 1. The summed E-state index contributed by atoms with van der Waals surface area (Å²) in [5.41, 5.74) is 6.61. The van der Waals surface area contributed by atoms with Gasteiger partial charge >= 0.3 is 0 Å². The normalized spacial score (nSPS) is 16.4. The molecule has 7 nitrogen and oxygen atoms in total. The van der Waals surface area contributed by atoms with Crippen LogP contribution in [0, 0.1) is 0 Å². The molecule has 0 aliphatic carbocycles. The summed E-state index contributed by atoms with van der Waals surface area (Å²) in [7, 11) is 0. The Morgan fingerprint density at radius 3 is 2.81 bits per heavy atom. The molecular formula is C20H18N4O3. The summed E-state index contributed by atoms with van der Waals surface area (Å²) in [5.74, 6) is -0.201. The molecule has 0 spiro atoms. The lowest BCUT2D eigenvalue weighted by Crippen LogP contribution is -2.31. The smallest absolute Gasteiger partial charge is 0.272 e. The van der Waals surface area contributed by atoms with Crippen LogP contribution in [0.4, 0.5) is 0 Å². The van der Waals surface area contributed by atoms with E-state index in [9.17, 15) is 9.59 Å². The Morgan fingerprint density at radius 2 is 1.96 bits per heavy atom. The molecule has 136 valence electrons. The van der Waals surface area contributed by atoms with Crippen LogP contribution >= 0.6 is 0 Å². The first-order valence-electron chi connectivity index (χ1n) is 8.68. The second-order valence-electron chi connectivity index (χ2n) is 6.41. The highest BCUT2D eigenvalue weighted by Crippen LogP contribution is 2.21. The van der Waals surface area contributed by atoms with Crippen molar-refractivity contribution in [3.8, 4) is 5.75 Å². The van der Waals surface area contributed by atoms with E-state index < -0.39 is 5.91 Å². The van der Waals surface area contributed by atoms with E-state index in [0.717, 1.165) is 10.9 Å².